The molecule has 0 spiro atoms. The number of amides is 1. The van der Waals surface area contributed by atoms with Crippen LogP contribution in [-0.4, -0.2) is 34.7 Å². The van der Waals surface area contributed by atoms with Crippen LogP contribution in [0.15, 0.2) is 35.9 Å². The zero-order valence-corrected chi connectivity index (χ0v) is 23.1. The van der Waals surface area contributed by atoms with Crippen LogP contribution in [0.4, 0.5) is 13.9 Å². The van der Waals surface area contributed by atoms with Gasteiger partial charge in [0.1, 0.15) is 11.6 Å². The first kappa shape index (κ1) is 28.6. The van der Waals surface area contributed by atoms with E-state index in [9.17, 15) is 18.4 Å². The molecule has 1 aromatic heterocycles. The number of carboxylic acids is 1. The molecule has 1 amide bonds. The molecule has 39 heavy (non-hydrogen) atoms. The second-order valence-corrected chi connectivity index (χ2v) is 10.7. The average molecular weight is 555 g/mol. The maximum Gasteiger partial charge on any atom is 0.331 e. The number of halogens is 2. The lowest BCUT2D eigenvalue weighted by Gasteiger charge is -2.21. The molecule has 0 fully saturated rings. The lowest BCUT2D eigenvalue weighted by molar-refractivity contribution is -0.132. The Kier molecular flexibility index (Phi) is 9.24. The molecular formula is C30H32F2N2O4S. The van der Waals surface area contributed by atoms with Gasteiger partial charge in [-0.25, -0.2) is 18.6 Å². The molecule has 1 heterocycles. The van der Waals surface area contributed by atoms with E-state index >= 15 is 0 Å². The summed E-state index contributed by atoms with van der Waals surface area (Å²) in [6, 6.07) is 8.02. The highest BCUT2D eigenvalue weighted by Crippen LogP contribution is 2.40. The number of nitrogens with one attached hydrogen (secondary N) is 1. The average Bonchev–Trinajstić information content (AvgIpc) is 3.32. The molecule has 0 saturated carbocycles. The summed E-state index contributed by atoms with van der Waals surface area (Å²) in [6.45, 7) is 6.13. The normalized spacial score (nSPS) is 13.5. The summed E-state index contributed by atoms with van der Waals surface area (Å²) in [5.41, 5.74) is 3.48. The van der Waals surface area contributed by atoms with Crippen LogP contribution in [0.5, 0.6) is 0 Å². The SMILES string of the molecule is CCCC(CCc1cccc2c1CCc1sc(NC(=O)c3cc(F)c(/C=C(\C)C(=O)O)c(F)c3)nc1-2)OCC. The number of carboxylic acid groups (broad SMARTS) is 1. The van der Waals surface area contributed by atoms with Crippen LogP contribution in [0.25, 0.3) is 17.3 Å². The van der Waals surface area contributed by atoms with Gasteiger partial charge in [0.25, 0.3) is 5.91 Å². The summed E-state index contributed by atoms with van der Waals surface area (Å²) in [5.74, 6) is -4.03. The highest BCUT2D eigenvalue weighted by Gasteiger charge is 2.24. The molecular weight excluding hydrogens is 522 g/mol. The first-order valence-corrected chi connectivity index (χ1v) is 14.0. The number of thiazole rings is 1. The zero-order chi connectivity index (χ0) is 28.1. The molecule has 1 aliphatic rings. The Morgan fingerprint density at radius 1 is 1.18 bits per heavy atom. The number of carbonyl (C=O) groups is 2. The van der Waals surface area contributed by atoms with Crippen LogP contribution in [0, 0.1) is 11.6 Å². The van der Waals surface area contributed by atoms with Gasteiger partial charge in [-0.3, -0.25) is 10.1 Å². The van der Waals surface area contributed by atoms with Crippen molar-refractivity contribution in [2.24, 2.45) is 0 Å². The van der Waals surface area contributed by atoms with Crippen molar-refractivity contribution < 1.29 is 28.2 Å². The fourth-order valence-electron chi connectivity index (χ4n) is 4.90. The fraction of sp³-hybridized carbons (Fsp3) is 0.367. The molecule has 9 heteroatoms. The summed E-state index contributed by atoms with van der Waals surface area (Å²) >= 11 is 1.36. The van der Waals surface area contributed by atoms with Crippen molar-refractivity contribution >= 4 is 34.4 Å². The summed E-state index contributed by atoms with van der Waals surface area (Å²) in [7, 11) is 0. The molecule has 206 valence electrons. The van der Waals surface area contributed by atoms with Crippen LogP contribution < -0.4 is 5.32 Å². The Labute approximate surface area is 230 Å². The van der Waals surface area contributed by atoms with Gasteiger partial charge in [-0.05, 0) is 75.3 Å². The van der Waals surface area contributed by atoms with Crippen LogP contribution in [0.2, 0.25) is 0 Å². The number of anilines is 1. The van der Waals surface area contributed by atoms with Crippen molar-refractivity contribution in [3.8, 4) is 11.3 Å². The fourth-order valence-corrected chi connectivity index (χ4v) is 5.87. The van der Waals surface area contributed by atoms with E-state index in [1.54, 1.807) is 0 Å². The highest BCUT2D eigenvalue weighted by molar-refractivity contribution is 7.16. The molecule has 1 atom stereocenters. The van der Waals surface area contributed by atoms with Gasteiger partial charge in [0.2, 0.25) is 0 Å². The number of rotatable bonds is 11. The second-order valence-electron chi connectivity index (χ2n) is 9.58. The van der Waals surface area contributed by atoms with E-state index in [-0.39, 0.29) is 17.2 Å². The lowest BCUT2D eigenvalue weighted by Crippen LogP contribution is -2.15. The van der Waals surface area contributed by atoms with Crippen LogP contribution in [0.1, 0.15) is 72.0 Å². The van der Waals surface area contributed by atoms with E-state index in [1.807, 2.05) is 19.1 Å². The molecule has 0 radical (unpaired) electrons. The Bertz CT molecular complexity index is 1390. The largest absolute Gasteiger partial charge is 0.478 e. The molecule has 3 aromatic rings. The molecule has 6 nitrogen and oxygen atoms in total. The molecule has 0 bridgehead atoms. The smallest absolute Gasteiger partial charge is 0.331 e. The van der Waals surface area contributed by atoms with Gasteiger partial charge < -0.3 is 9.84 Å². The summed E-state index contributed by atoms with van der Waals surface area (Å²) in [5, 5.41) is 12.0. The van der Waals surface area contributed by atoms with E-state index in [0.29, 0.717) is 11.7 Å². The van der Waals surface area contributed by atoms with Gasteiger partial charge in [-0.1, -0.05) is 31.5 Å². The van der Waals surface area contributed by atoms with Crippen molar-refractivity contribution in [1.29, 1.82) is 0 Å². The number of hydrogen-bond donors (Lipinski definition) is 2. The number of nitrogens with zero attached hydrogens (tertiary/aromatic N) is 1. The predicted octanol–water partition coefficient (Wildman–Crippen LogP) is 7.06. The number of hydrogen-bond acceptors (Lipinski definition) is 5. The maximum absolute atomic E-state index is 14.5. The molecule has 4 rings (SSSR count). The molecule has 1 aliphatic carbocycles. The first-order chi connectivity index (χ1) is 18.7. The van der Waals surface area contributed by atoms with Crippen molar-refractivity contribution in [2.45, 2.75) is 65.4 Å². The summed E-state index contributed by atoms with van der Waals surface area (Å²) < 4.78 is 35.0. The van der Waals surface area contributed by atoms with Crippen molar-refractivity contribution in [2.75, 3.05) is 11.9 Å². The molecule has 2 N–H and O–H groups in total. The minimum absolute atomic E-state index is 0.220. The minimum atomic E-state index is -1.29. The van der Waals surface area contributed by atoms with Crippen molar-refractivity contribution in [3.05, 3.63) is 74.7 Å². The predicted molar refractivity (Wildman–Crippen MR) is 149 cm³/mol. The Balaban J connectivity index is 1.53. The van der Waals surface area contributed by atoms with Gasteiger partial charge in [0.05, 0.1) is 11.8 Å². The highest BCUT2D eigenvalue weighted by atomic mass is 32.1. The molecule has 0 aliphatic heterocycles. The van der Waals surface area contributed by atoms with Gasteiger partial charge in [-0.2, -0.15) is 0 Å². The third-order valence-electron chi connectivity index (χ3n) is 6.84. The molecule has 2 aromatic carbocycles. The van der Waals surface area contributed by atoms with Crippen LogP contribution >= 0.6 is 11.3 Å². The quantitative estimate of drug-likeness (QED) is 0.248. The van der Waals surface area contributed by atoms with Gasteiger partial charge >= 0.3 is 5.97 Å². The third kappa shape index (κ3) is 6.59. The zero-order valence-electron chi connectivity index (χ0n) is 22.3. The standard InChI is InChI=1S/C30H32F2N2O4S/c1-4-7-20(38-5-2)11-10-18-8-6-9-22-21(18)12-13-26-27(22)33-30(39-26)34-28(35)19-15-24(31)23(25(32)16-19)14-17(3)29(36)37/h6,8-9,14-16,20H,4-5,7,10-13H2,1-3H3,(H,36,37)(H,33,34,35)/b17-14+. The van der Waals surface area contributed by atoms with Gasteiger partial charge in [-0.15, -0.1) is 11.3 Å². The number of aliphatic carboxylic acids is 1. The van der Waals surface area contributed by atoms with Gasteiger partial charge in [0.15, 0.2) is 5.13 Å². The molecule has 1 unspecified atom stereocenters. The number of aromatic nitrogens is 1. The monoisotopic (exact) mass is 554 g/mol. The number of fused-ring (bicyclic) bond motifs is 3. The van der Waals surface area contributed by atoms with Crippen LogP contribution in [-0.2, 0) is 28.8 Å². The van der Waals surface area contributed by atoms with Crippen molar-refractivity contribution in [3.63, 3.8) is 0 Å². The van der Waals surface area contributed by atoms with Crippen molar-refractivity contribution in [1.82, 2.24) is 4.98 Å². The van der Waals surface area contributed by atoms with E-state index in [2.05, 4.69) is 23.3 Å². The first-order valence-electron chi connectivity index (χ1n) is 13.2. The number of aryl methyl sites for hydroxylation is 2. The Hall–Kier alpha value is -3.43. The summed E-state index contributed by atoms with van der Waals surface area (Å²) in [4.78, 5) is 29.6. The maximum atomic E-state index is 14.5. The van der Waals surface area contributed by atoms with E-state index < -0.39 is 29.1 Å². The van der Waals surface area contributed by atoms with Gasteiger partial charge in [0, 0.05) is 33.7 Å². The molecule has 0 saturated heterocycles. The third-order valence-corrected chi connectivity index (χ3v) is 7.87. The summed E-state index contributed by atoms with van der Waals surface area (Å²) in [6.07, 6.45) is 6.82. The van der Waals surface area contributed by atoms with E-state index in [1.165, 1.54) is 29.4 Å². The number of carbonyl (C=O) groups excluding carboxylic acids is 1. The lowest BCUT2D eigenvalue weighted by atomic mass is 9.87. The Morgan fingerprint density at radius 3 is 2.59 bits per heavy atom. The topological polar surface area (TPSA) is 88.5 Å². The van der Waals surface area contributed by atoms with Crippen LogP contribution in [0.3, 0.4) is 0 Å². The second kappa shape index (κ2) is 12.6. The Morgan fingerprint density at radius 2 is 1.92 bits per heavy atom. The van der Waals surface area contributed by atoms with E-state index in [4.69, 9.17) is 9.84 Å². The minimum Gasteiger partial charge on any atom is -0.478 e. The number of benzene rings is 2. The van der Waals surface area contributed by atoms with E-state index in [0.717, 1.165) is 72.9 Å². The number of ether oxygens (including phenoxy) is 1.